The lowest BCUT2D eigenvalue weighted by atomic mass is 10.2. The zero-order valence-electron chi connectivity index (χ0n) is 11.5. The number of carbonyl (C=O) groups is 2. The Hall–Kier alpha value is -2.31. The molecule has 0 radical (unpaired) electrons. The van der Waals surface area contributed by atoms with Gasteiger partial charge >= 0.3 is 5.97 Å². The Morgan fingerprint density at radius 1 is 1.40 bits per heavy atom. The minimum Gasteiger partial charge on any atom is -0.508 e. The predicted octanol–water partition coefficient (Wildman–Crippen LogP) is -0.0683. The molecule has 1 aromatic rings. The first kappa shape index (κ1) is 15.7. The number of carbonyl (C=O) groups excluding carboxylic acids is 2. The summed E-state index contributed by atoms with van der Waals surface area (Å²) in [6.45, 7) is 1.92. The molecule has 1 rings (SSSR count). The standard InChI is InChI=1S/C13H18N2O5/c1-9-6-10(16)7-12(18)15(9)5-3-4-11(17)14-8-13(19)20-2/h6-7,16H,3-5,8H2,1-2H3,(H,14,17). The summed E-state index contributed by atoms with van der Waals surface area (Å²) >= 11 is 0. The van der Waals surface area contributed by atoms with Crippen LogP contribution in [0.4, 0.5) is 0 Å². The van der Waals surface area contributed by atoms with Crippen LogP contribution in [0.3, 0.4) is 0 Å². The highest BCUT2D eigenvalue weighted by atomic mass is 16.5. The molecule has 0 bridgehead atoms. The van der Waals surface area contributed by atoms with Crippen molar-refractivity contribution in [3.8, 4) is 5.75 Å². The van der Waals surface area contributed by atoms with Crippen LogP contribution in [0.2, 0.25) is 0 Å². The SMILES string of the molecule is COC(=O)CNC(=O)CCCn1c(C)cc(O)cc1=O. The highest BCUT2D eigenvalue weighted by Crippen LogP contribution is 2.07. The lowest BCUT2D eigenvalue weighted by molar-refractivity contribution is -0.141. The molecule has 1 aromatic heterocycles. The second-order valence-electron chi connectivity index (χ2n) is 4.30. The average Bonchev–Trinajstić information content (AvgIpc) is 2.38. The summed E-state index contributed by atoms with van der Waals surface area (Å²) in [5.41, 5.74) is 0.322. The molecule has 0 fully saturated rings. The fourth-order valence-corrected chi connectivity index (χ4v) is 1.73. The van der Waals surface area contributed by atoms with Crippen molar-refractivity contribution in [1.29, 1.82) is 0 Å². The second-order valence-corrected chi connectivity index (χ2v) is 4.30. The van der Waals surface area contributed by atoms with E-state index in [0.717, 1.165) is 6.07 Å². The van der Waals surface area contributed by atoms with Crippen LogP contribution >= 0.6 is 0 Å². The van der Waals surface area contributed by atoms with E-state index in [1.807, 2.05) is 0 Å². The maximum absolute atomic E-state index is 11.6. The molecule has 2 N–H and O–H groups in total. The van der Waals surface area contributed by atoms with E-state index >= 15 is 0 Å². The Bertz CT molecular complexity index is 550. The van der Waals surface area contributed by atoms with Crippen LogP contribution in [0.5, 0.6) is 5.75 Å². The topological polar surface area (TPSA) is 97.6 Å². The molecule has 0 aliphatic rings. The van der Waals surface area contributed by atoms with Gasteiger partial charge in [0.1, 0.15) is 12.3 Å². The van der Waals surface area contributed by atoms with Crippen molar-refractivity contribution in [2.24, 2.45) is 0 Å². The normalized spacial score (nSPS) is 10.1. The molecule has 110 valence electrons. The Labute approximate surface area is 116 Å². The highest BCUT2D eigenvalue weighted by Gasteiger charge is 2.07. The van der Waals surface area contributed by atoms with Gasteiger partial charge in [-0.05, 0) is 19.4 Å². The third kappa shape index (κ3) is 4.75. The molecule has 0 atom stereocenters. The molecule has 0 saturated heterocycles. The Balaban J connectivity index is 2.43. The first-order chi connectivity index (χ1) is 9.43. The number of aryl methyl sites for hydroxylation is 1. The fourth-order valence-electron chi connectivity index (χ4n) is 1.73. The molecular formula is C13H18N2O5. The molecule has 0 unspecified atom stereocenters. The number of methoxy groups -OCH3 is 1. The predicted molar refractivity (Wildman–Crippen MR) is 71.4 cm³/mol. The van der Waals surface area contributed by atoms with E-state index in [0.29, 0.717) is 18.7 Å². The quantitative estimate of drug-likeness (QED) is 0.712. The number of aromatic nitrogens is 1. The van der Waals surface area contributed by atoms with Crippen molar-refractivity contribution < 1.29 is 19.4 Å². The minimum atomic E-state index is -0.510. The van der Waals surface area contributed by atoms with Crippen molar-refractivity contribution in [3.05, 3.63) is 28.2 Å². The summed E-state index contributed by atoms with van der Waals surface area (Å²) in [7, 11) is 1.24. The second kappa shape index (κ2) is 7.32. The number of pyridine rings is 1. The van der Waals surface area contributed by atoms with Crippen molar-refractivity contribution in [2.75, 3.05) is 13.7 Å². The maximum Gasteiger partial charge on any atom is 0.325 e. The maximum atomic E-state index is 11.6. The van der Waals surface area contributed by atoms with Crippen LogP contribution in [0.1, 0.15) is 18.5 Å². The third-order valence-electron chi connectivity index (χ3n) is 2.76. The zero-order valence-corrected chi connectivity index (χ0v) is 11.5. The Kier molecular flexibility index (Phi) is 5.76. The number of ether oxygens (including phenoxy) is 1. The van der Waals surface area contributed by atoms with E-state index < -0.39 is 5.97 Å². The molecule has 7 nitrogen and oxygen atoms in total. The molecule has 7 heteroatoms. The molecule has 0 spiro atoms. The molecule has 0 aliphatic heterocycles. The van der Waals surface area contributed by atoms with Gasteiger partial charge in [-0.15, -0.1) is 0 Å². The Morgan fingerprint density at radius 2 is 2.10 bits per heavy atom. The number of nitrogens with zero attached hydrogens (tertiary/aromatic N) is 1. The van der Waals surface area contributed by atoms with Gasteiger partial charge in [-0.2, -0.15) is 0 Å². The highest BCUT2D eigenvalue weighted by molar-refractivity contribution is 5.81. The number of hydrogen-bond donors (Lipinski definition) is 2. The monoisotopic (exact) mass is 282 g/mol. The molecule has 0 aliphatic carbocycles. The number of hydrogen-bond acceptors (Lipinski definition) is 5. The van der Waals surface area contributed by atoms with Crippen molar-refractivity contribution in [3.63, 3.8) is 0 Å². The van der Waals surface area contributed by atoms with Gasteiger partial charge in [-0.1, -0.05) is 0 Å². The van der Waals surface area contributed by atoms with E-state index in [9.17, 15) is 19.5 Å². The summed E-state index contributed by atoms with van der Waals surface area (Å²) in [6.07, 6.45) is 0.655. The summed E-state index contributed by atoms with van der Waals surface area (Å²) in [4.78, 5) is 33.9. The smallest absolute Gasteiger partial charge is 0.325 e. The number of aromatic hydroxyl groups is 1. The first-order valence-corrected chi connectivity index (χ1v) is 6.18. The molecule has 20 heavy (non-hydrogen) atoms. The zero-order chi connectivity index (χ0) is 15.1. The molecule has 0 aromatic carbocycles. The average molecular weight is 282 g/mol. The lowest BCUT2D eigenvalue weighted by Crippen LogP contribution is -2.30. The van der Waals surface area contributed by atoms with Gasteiger partial charge in [-0.3, -0.25) is 14.4 Å². The van der Waals surface area contributed by atoms with Gasteiger partial charge in [0.2, 0.25) is 5.91 Å². The van der Waals surface area contributed by atoms with Crippen LogP contribution in [0, 0.1) is 6.92 Å². The number of amides is 1. The third-order valence-corrected chi connectivity index (χ3v) is 2.76. The first-order valence-electron chi connectivity index (χ1n) is 6.18. The van der Waals surface area contributed by atoms with Crippen LogP contribution in [-0.2, 0) is 20.9 Å². The molecular weight excluding hydrogens is 264 g/mol. The van der Waals surface area contributed by atoms with E-state index in [1.165, 1.54) is 17.7 Å². The minimum absolute atomic E-state index is 0.0698. The van der Waals surface area contributed by atoms with E-state index in [2.05, 4.69) is 10.1 Å². The number of esters is 1. The van der Waals surface area contributed by atoms with Gasteiger partial charge in [0.05, 0.1) is 7.11 Å². The van der Waals surface area contributed by atoms with Crippen LogP contribution in [-0.4, -0.2) is 35.2 Å². The van der Waals surface area contributed by atoms with E-state index in [4.69, 9.17) is 0 Å². The van der Waals surface area contributed by atoms with Crippen molar-refractivity contribution in [2.45, 2.75) is 26.3 Å². The van der Waals surface area contributed by atoms with Gasteiger partial charge in [0.15, 0.2) is 0 Å². The van der Waals surface area contributed by atoms with Crippen molar-refractivity contribution >= 4 is 11.9 Å². The van der Waals surface area contributed by atoms with E-state index in [1.54, 1.807) is 6.92 Å². The lowest BCUT2D eigenvalue weighted by Gasteiger charge is -2.09. The van der Waals surface area contributed by atoms with Gasteiger partial charge in [-0.25, -0.2) is 0 Å². The van der Waals surface area contributed by atoms with Gasteiger partial charge in [0, 0.05) is 24.7 Å². The number of rotatable bonds is 6. The summed E-state index contributed by atoms with van der Waals surface area (Å²) in [5, 5.41) is 11.7. The van der Waals surface area contributed by atoms with Crippen LogP contribution in [0.15, 0.2) is 16.9 Å². The number of nitrogens with one attached hydrogen (secondary N) is 1. The summed E-state index contributed by atoms with van der Waals surface area (Å²) in [6, 6.07) is 2.61. The van der Waals surface area contributed by atoms with Crippen LogP contribution in [0.25, 0.3) is 0 Å². The van der Waals surface area contributed by atoms with Crippen molar-refractivity contribution in [1.82, 2.24) is 9.88 Å². The summed E-state index contributed by atoms with van der Waals surface area (Å²) < 4.78 is 5.87. The molecule has 1 amide bonds. The largest absolute Gasteiger partial charge is 0.508 e. The summed E-state index contributed by atoms with van der Waals surface area (Å²) in [5.74, 6) is -0.858. The Morgan fingerprint density at radius 3 is 2.70 bits per heavy atom. The molecule has 0 saturated carbocycles. The van der Waals surface area contributed by atoms with Gasteiger partial charge in [0.25, 0.3) is 5.56 Å². The molecule has 1 heterocycles. The van der Waals surface area contributed by atoms with E-state index in [-0.39, 0.29) is 30.2 Å². The van der Waals surface area contributed by atoms with Crippen LogP contribution < -0.4 is 10.9 Å². The fraction of sp³-hybridized carbons (Fsp3) is 0.462. The van der Waals surface area contributed by atoms with Gasteiger partial charge < -0.3 is 19.7 Å².